The van der Waals surface area contributed by atoms with Gasteiger partial charge in [-0.2, -0.15) is 0 Å². The number of aliphatic hydroxyl groups excluding tert-OH is 1. The number of carbonyl (C=O) groups excluding carboxylic acids is 2. The molecule has 0 bridgehead atoms. The molecular weight excluding hydrogens is 617 g/mol. The van der Waals surface area contributed by atoms with Gasteiger partial charge in [0.1, 0.15) is 23.6 Å². The van der Waals surface area contributed by atoms with Gasteiger partial charge in [0.25, 0.3) is 0 Å². The Hall–Kier alpha value is -1.90. The first kappa shape index (κ1) is 45.2. The summed E-state index contributed by atoms with van der Waals surface area (Å²) >= 11 is 11.3. The fraction of sp³-hybridized carbons (Fsp3) is 0.611. The molecular formula is C36H58Cl2F2N2O3. The number of halogens is 4. The van der Waals surface area contributed by atoms with E-state index in [9.17, 15) is 18.4 Å². The van der Waals surface area contributed by atoms with Crippen LogP contribution in [0.25, 0.3) is 0 Å². The van der Waals surface area contributed by atoms with Crippen LogP contribution >= 0.6 is 23.2 Å². The Kier molecular flexibility index (Phi) is 28.5. The highest BCUT2D eigenvalue weighted by atomic mass is 35.5. The second-order valence-electron chi connectivity index (χ2n) is 10.6. The normalized spacial score (nSPS) is 15.1. The summed E-state index contributed by atoms with van der Waals surface area (Å²) in [5.74, 6) is 0.178. The maximum atomic E-state index is 13.5. The summed E-state index contributed by atoms with van der Waals surface area (Å²) in [4.78, 5) is 24.6. The second kappa shape index (κ2) is 28.3. The molecule has 2 aromatic carbocycles. The smallest absolute Gasteiger partial charge is 0.142 e. The molecule has 0 amide bonds. The van der Waals surface area contributed by atoms with Crippen molar-refractivity contribution in [2.24, 2.45) is 5.92 Å². The van der Waals surface area contributed by atoms with Gasteiger partial charge in [0.2, 0.25) is 0 Å². The van der Waals surface area contributed by atoms with Gasteiger partial charge in [0.05, 0.1) is 10.9 Å². The number of carbonyl (C=O) groups is 2. The quantitative estimate of drug-likeness (QED) is 0.292. The van der Waals surface area contributed by atoms with E-state index in [1.807, 2.05) is 46.9 Å². The topological polar surface area (TPSA) is 69.6 Å². The van der Waals surface area contributed by atoms with Crippen molar-refractivity contribution in [3.05, 3.63) is 69.5 Å². The van der Waals surface area contributed by atoms with Crippen molar-refractivity contribution in [2.45, 2.75) is 98.6 Å². The Balaban J connectivity index is 0. The van der Waals surface area contributed by atoms with Gasteiger partial charge in [-0.25, -0.2) is 8.78 Å². The molecule has 258 valence electrons. The molecule has 0 radical (unpaired) electrons. The van der Waals surface area contributed by atoms with Crippen LogP contribution in [-0.2, 0) is 16.0 Å². The molecule has 2 N–H and O–H groups in total. The van der Waals surface area contributed by atoms with E-state index in [4.69, 9.17) is 28.3 Å². The highest BCUT2D eigenvalue weighted by Gasteiger charge is 2.20. The zero-order valence-electron chi connectivity index (χ0n) is 28.8. The van der Waals surface area contributed by atoms with E-state index in [0.29, 0.717) is 23.6 Å². The van der Waals surface area contributed by atoms with Crippen LogP contribution in [0.15, 0.2) is 42.5 Å². The number of nitrogens with zero attached hydrogens (tertiary/aromatic N) is 1. The molecule has 1 unspecified atom stereocenters. The largest absolute Gasteiger partial charge is 0.400 e. The molecule has 2 aliphatic rings. The SMILES string of the molecule is CC.CC.CC(=O)C(CNCC1CCCC1)c1ccc(Cl)c(F)c1.CC(=O)Cc1ccc(Cl)cc1.CN1CCC(F)CC1.CO. The van der Waals surface area contributed by atoms with Gasteiger partial charge in [-0.15, -0.1) is 0 Å². The first-order chi connectivity index (χ1) is 21.5. The van der Waals surface area contributed by atoms with Crippen LogP contribution in [0.4, 0.5) is 8.78 Å². The third kappa shape index (κ3) is 21.5. The Morgan fingerprint density at radius 2 is 1.47 bits per heavy atom. The van der Waals surface area contributed by atoms with E-state index in [-0.39, 0.29) is 22.5 Å². The van der Waals surface area contributed by atoms with Gasteiger partial charge in [0, 0.05) is 38.2 Å². The summed E-state index contributed by atoms with van der Waals surface area (Å²) in [6.07, 6.45) is 6.60. The number of piperidine rings is 1. The third-order valence-corrected chi connectivity index (χ3v) is 7.67. The van der Waals surface area contributed by atoms with Crippen LogP contribution in [0.2, 0.25) is 10.0 Å². The molecule has 0 spiro atoms. The predicted molar refractivity (Wildman–Crippen MR) is 188 cm³/mol. The van der Waals surface area contributed by atoms with Crippen molar-refractivity contribution in [3.8, 4) is 0 Å². The highest BCUT2D eigenvalue weighted by Crippen LogP contribution is 2.25. The van der Waals surface area contributed by atoms with E-state index in [2.05, 4.69) is 10.2 Å². The predicted octanol–water partition coefficient (Wildman–Crippen LogP) is 9.11. The molecule has 45 heavy (non-hydrogen) atoms. The number of Topliss-reactive ketones (excluding diaryl/α,β-unsaturated/α-hetero) is 2. The fourth-order valence-corrected chi connectivity index (χ4v) is 4.98. The van der Waals surface area contributed by atoms with Crippen LogP contribution < -0.4 is 5.32 Å². The fourth-order valence-electron chi connectivity index (χ4n) is 4.74. The first-order valence-corrected chi connectivity index (χ1v) is 17.0. The Morgan fingerprint density at radius 3 is 1.91 bits per heavy atom. The molecule has 1 atom stereocenters. The maximum absolute atomic E-state index is 13.5. The van der Waals surface area contributed by atoms with Crippen LogP contribution in [0, 0.1) is 11.7 Å². The zero-order valence-corrected chi connectivity index (χ0v) is 30.3. The highest BCUT2D eigenvalue weighted by molar-refractivity contribution is 6.30. The Bertz CT molecular complexity index is 1020. The van der Waals surface area contributed by atoms with Gasteiger partial charge < -0.3 is 15.3 Å². The van der Waals surface area contributed by atoms with Crippen LogP contribution in [0.1, 0.15) is 97.1 Å². The number of aliphatic hydroxyl groups is 1. The van der Waals surface area contributed by atoms with E-state index in [0.717, 1.165) is 51.1 Å². The van der Waals surface area contributed by atoms with Crippen molar-refractivity contribution < 1.29 is 23.5 Å². The number of rotatable bonds is 8. The molecule has 1 saturated heterocycles. The third-order valence-electron chi connectivity index (χ3n) is 7.11. The van der Waals surface area contributed by atoms with Crippen LogP contribution in [-0.4, -0.2) is 68.1 Å². The molecule has 1 saturated carbocycles. The minimum atomic E-state index is -0.522. The molecule has 1 aliphatic heterocycles. The minimum absolute atomic E-state index is 0.0469. The summed E-state index contributed by atoms with van der Waals surface area (Å²) in [6.45, 7) is 14.5. The number of ketones is 2. The number of benzene rings is 2. The summed E-state index contributed by atoms with van der Waals surface area (Å²) in [7, 11) is 3.03. The number of nitrogens with one attached hydrogen (secondary N) is 1. The molecule has 4 rings (SSSR count). The number of alkyl halides is 1. The lowest BCUT2D eigenvalue weighted by Crippen LogP contribution is -2.30. The van der Waals surface area contributed by atoms with E-state index >= 15 is 0 Å². The average molecular weight is 676 g/mol. The van der Waals surface area contributed by atoms with Crippen molar-refractivity contribution in [3.63, 3.8) is 0 Å². The molecule has 0 aromatic heterocycles. The lowest BCUT2D eigenvalue weighted by molar-refractivity contribution is -0.118. The van der Waals surface area contributed by atoms with Crippen molar-refractivity contribution in [1.82, 2.24) is 10.2 Å². The standard InChI is InChI=1S/C16H21ClFNO.C9H9ClO.C6H12FN.2C2H6.CH4O/c1-11(20)14(10-19-9-12-4-2-3-5-12)13-6-7-15(17)16(18)8-13;1-7(11)6-8-2-4-9(10)5-3-8;1-8-4-2-6(7)3-5-8;3*1-2/h6-8,12,14,19H,2-5,9-10H2,1H3;2-5H,6H2,1H3;6H,2-5H2,1H3;2*1-2H3;2H,1H3. The lowest BCUT2D eigenvalue weighted by Gasteiger charge is -2.23. The number of likely N-dealkylation sites (tertiary alicyclic amines) is 1. The average Bonchev–Trinajstić information content (AvgIpc) is 3.56. The van der Waals surface area contributed by atoms with E-state index < -0.39 is 12.0 Å². The molecule has 2 fully saturated rings. The van der Waals surface area contributed by atoms with Crippen molar-refractivity contribution in [1.29, 1.82) is 0 Å². The summed E-state index contributed by atoms with van der Waals surface area (Å²) < 4.78 is 25.8. The summed E-state index contributed by atoms with van der Waals surface area (Å²) in [6, 6.07) is 11.9. The van der Waals surface area contributed by atoms with Crippen molar-refractivity contribution in [2.75, 3.05) is 40.3 Å². The van der Waals surface area contributed by atoms with Gasteiger partial charge >= 0.3 is 0 Å². The molecule has 1 heterocycles. The zero-order chi connectivity index (χ0) is 34.8. The lowest BCUT2D eigenvalue weighted by atomic mass is 9.95. The van der Waals surface area contributed by atoms with Gasteiger partial charge in [0.15, 0.2) is 0 Å². The second-order valence-corrected chi connectivity index (χ2v) is 11.5. The maximum Gasteiger partial charge on any atom is 0.142 e. The number of hydrogen-bond donors (Lipinski definition) is 2. The van der Waals surface area contributed by atoms with Crippen molar-refractivity contribution >= 4 is 34.8 Å². The van der Waals surface area contributed by atoms with Gasteiger partial charge in [-0.1, -0.05) is 81.9 Å². The van der Waals surface area contributed by atoms with E-state index in [1.165, 1.54) is 37.8 Å². The summed E-state index contributed by atoms with van der Waals surface area (Å²) in [5.41, 5.74) is 1.71. The molecule has 9 heteroatoms. The van der Waals surface area contributed by atoms with Gasteiger partial charge in [-0.05, 0) is 94.4 Å². The van der Waals surface area contributed by atoms with Crippen LogP contribution in [0.5, 0.6) is 0 Å². The number of hydrogen-bond acceptors (Lipinski definition) is 5. The monoisotopic (exact) mass is 674 g/mol. The van der Waals surface area contributed by atoms with E-state index in [1.54, 1.807) is 32.0 Å². The Labute approximate surface area is 282 Å². The minimum Gasteiger partial charge on any atom is -0.400 e. The summed E-state index contributed by atoms with van der Waals surface area (Å²) in [5, 5.41) is 11.2. The van der Waals surface area contributed by atoms with Gasteiger partial charge in [-0.3, -0.25) is 9.59 Å². The Morgan fingerprint density at radius 1 is 0.933 bits per heavy atom. The molecule has 2 aromatic rings. The molecule has 5 nitrogen and oxygen atoms in total. The van der Waals surface area contributed by atoms with Crippen LogP contribution in [0.3, 0.4) is 0 Å². The molecule has 1 aliphatic carbocycles. The first-order valence-electron chi connectivity index (χ1n) is 16.2.